The minimum absolute atomic E-state index is 0.0409. The van der Waals surface area contributed by atoms with E-state index in [-0.39, 0.29) is 12.5 Å². The van der Waals surface area contributed by atoms with Crippen LogP contribution in [0.5, 0.6) is 0 Å². The Labute approximate surface area is 157 Å². The van der Waals surface area contributed by atoms with E-state index in [1.165, 1.54) is 11.0 Å². The van der Waals surface area contributed by atoms with Gasteiger partial charge in [0.25, 0.3) is 0 Å². The van der Waals surface area contributed by atoms with Crippen molar-refractivity contribution in [3.63, 3.8) is 0 Å². The van der Waals surface area contributed by atoms with Crippen molar-refractivity contribution in [2.24, 2.45) is 0 Å². The monoisotopic (exact) mass is 394 g/mol. The molecule has 2 heterocycles. The molecule has 0 aliphatic rings. The zero-order valence-electron chi connectivity index (χ0n) is 14.7. The molecule has 0 amide bonds. The number of hydrogen-bond donors (Lipinski definition) is 3. The second-order valence-corrected chi connectivity index (χ2v) is 6.08. The largest absolute Gasteiger partial charge is 0.433 e. The van der Waals surface area contributed by atoms with Crippen molar-refractivity contribution in [3.05, 3.63) is 48.0 Å². The predicted molar refractivity (Wildman–Crippen MR) is 93.6 cm³/mol. The third-order valence-electron chi connectivity index (χ3n) is 3.75. The Bertz CT molecular complexity index is 960. The fourth-order valence-corrected chi connectivity index (χ4v) is 2.57. The molecule has 0 radical (unpaired) electrons. The first-order valence-electron chi connectivity index (χ1n) is 8.22. The lowest BCUT2D eigenvalue weighted by atomic mass is 10.1. The number of aliphatic hydroxyl groups excluding tert-OH is 2. The van der Waals surface area contributed by atoms with E-state index in [9.17, 15) is 18.3 Å². The van der Waals surface area contributed by atoms with Crippen molar-refractivity contribution in [3.8, 4) is 11.4 Å². The Morgan fingerprint density at radius 3 is 2.71 bits per heavy atom. The smallest absolute Gasteiger partial charge is 0.394 e. The lowest BCUT2D eigenvalue weighted by Gasteiger charge is -2.12. The molecule has 0 unspecified atom stereocenters. The second kappa shape index (κ2) is 7.90. The van der Waals surface area contributed by atoms with Crippen molar-refractivity contribution < 1.29 is 23.4 Å². The van der Waals surface area contributed by atoms with Crippen LogP contribution in [0.3, 0.4) is 0 Å². The second-order valence-electron chi connectivity index (χ2n) is 6.08. The highest BCUT2D eigenvalue weighted by Gasteiger charge is 2.32. The van der Waals surface area contributed by atoms with E-state index in [2.05, 4.69) is 25.4 Å². The van der Waals surface area contributed by atoms with E-state index in [1.54, 1.807) is 12.1 Å². The molecule has 11 heteroatoms. The van der Waals surface area contributed by atoms with E-state index < -0.39 is 24.6 Å². The predicted octanol–water partition coefficient (Wildman–Crippen LogP) is 2.16. The zero-order chi connectivity index (χ0) is 20.3. The number of anilines is 2. The van der Waals surface area contributed by atoms with Gasteiger partial charge in [0.1, 0.15) is 12.0 Å². The molecular weight excluding hydrogens is 377 g/mol. The van der Waals surface area contributed by atoms with Gasteiger partial charge in [0.15, 0.2) is 5.82 Å². The number of aryl methyl sites for hydroxylation is 1. The number of benzene rings is 1. The average Bonchev–Trinajstić information content (AvgIpc) is 3.08. The summed E-state index contributed by atoms with van der Waals surface area (Å²) in [6.45, 7) is 1.43. The van der Waals surface area contributed by atoms with Gasteiger partial charge in [-0.3, -0.25) is 0 Å². The molecule has 0 aliphatic heterocycles. The van der Waals surface area contributed by atoms with Crippen LogP contribution in [0, 0.1) is 6.92 Å². The lowest BCUT2D eigenvalue weighted by Crippen LogP contribution is -2.21. The third-order valence-corrected chi connectivity index (χ3v) is 3.75. The number of nitrogens with zero attached hydrogens (tertiary/aromatic N) is 5. The minimum Gasteiger partial charge on any atom is -0.394 e. The summed E-state index contributed by atoms with van der Waals surface area (Å²) in [6, 6.07) is 5.98. The first-order chi connectivity index (χ1) is 13.3. The molecule has 3 rings (SSSR count). The molecule has 148 valence electrons. The van der Waals surface area contributed by atoms with Gasteiger partial charge in [-0.25, -0.2) is 19.6 Å². The fourth-order valence-electron chi connectivity index (χ4n) is 2.57. The molecule has 0 spiro atoms. The van der Waals surface area contributed by atoms with Crippen LogP contribution >= 0.6 is 0 Å². The summed E-state index contributed by atoms with van der Waals surface area (Å²) in [6.07, 6.45) is -3.23. The number of aromatic nitrogens is 5. The van der Waals surface area contributed by atoms with Gasteiger partial charge in [0.05, 0.1) is 19.3 Å². The number of halogens is 3. The number of alkyl halides is 3. The van der Waals surface area contributed by atoms with Crippen LogP contribution in [0.1, 0.15) is 11.3 Å². The number of nitrogens with one attached hydrogen (secondary N) is 1. The molecule has 3 aromatic rings. The molecule has 8 nitrogen and oxygen atoms in total. The van der Waals surface area contributed by atoms with Gasteiger partial charge in [-0.1, -0.05) is 0 Å². The minimum atomic E-state index is -4.57. The summed E-state index contributed by atoms with van der Waals surface area (Å²) in [7, 11) is 0. The van der Waals surface area contributed by atoms with Gasteiger partial charge in [-0.2, -0.15) is 18.3 Å². The Kier molecular flexibility index (Phi) is 5.56. The van der Waals surface area contributed by atoms with Crippen molar-refractivity contribution in [1.29, 1.82) is 0 Å². The highest BCUT2D eigenvalue weighted by molar-refractivity contribution is 5.66. The van der Waals surface area contributed by atoms with Crippen molar-refractivity contribution >= 4 is 11.6 Å². The summed E-state index contributed by atoms with van der Waals surface area (Å²) in [5.74, 6) is 0.243. The Hall–Kier alpha value is -3.05. The quantitative estimate of drug-likeness (QED) is 0.588. The van der Waals surface area contributed by atoms with Crippen molar-refractivity contribution in [2.75, 3.05) is 11.9 Å². The van der Waals surface area contributed by atoms with Gasteiger partial charge in [-0.15, -0.1) is 0 Å². The maximum Gasteiger partial charge on any atom is 0.433 e. The maximum absolute atomic E-state index is 12.8. The number of hydrogen-bond acceptors (Lipinski definition) is 7. The summed E-state index contributed by atoms with van der Waals surface area (Å²) in [5, 5.41) is 25.4. The van der Waals surface area contributed by atoms with Crippen LogP contribution in [0.4, 0.5) is 24.8 Å². The molecule has 2 aromatic heterocycles. The normalized spacial score (nSPS) is 12.8. The standard InChI is InChI=1S/C17H17F3N6O2/c1-10-4-11(15-22-9-23-26(15)7-13(28)8-27)6-12(5-10)24-16-21-3-2-14(25-16)17(18,19)20/h2-6,9,13,27-28H,7-8H2,1H3,(H,21,24,25)/t13-/m0/s1. The van der Waals surface area contributed by atoms with Gasteiger partial charge in [-0.05, 0) is 36.8 Å². The molecule has 0 fully saturated rings. The van der Waals surface area contributed by atoms with Crippen LogP contribution < -0.4 is 5.32 Å². The Morgan fingerprint density at radius 1 is 1.21 bits per heavy atom. The summed E-state index contributed by atoms with van der Waals surface area (Å²) in [5.41, 5.74) is 0.851. The van der Waals surface area contributed by atoms with E-state index in [0.717, 1.165) is 17.8 Å². The molecule has 1 aromatic carbocycles. The summed E-state index contributed by atoms with van der Waals surface area (Å²) in [4.78, 5) is 11.5. The molecular formula is C17H17F3N6O2. The summed E-state index contributed by atoms with van der Waals surface area (Å²) >= 11 is 0. The summed E-state index contributed by atoms with van der Waals surface area (Å²) < 4.78 is 39.9. The first kappa shape index (κ1) is 19.7. The van der Waals surface area contributed by atoms with Crippen LogP contribution in [0.15, 0.2) is 36.8 Å². The molecule has 1 atom stereocenters. The van der Waals surface area contributed by atoms with Crippen LogP contribution in [0.25, 0.3) is 11.4 Å². The highest BCUT2D eigenvalue weighted by Crippen LogP contribution is 2.29. The zero-order valence-corrected chi connectivity index (χ0v) is 14.7. The fraction of sp³-hybridized carbons (Fsp3) is 0.294. The van der Waals surface area contributed by atoms with E-state index >= 15 is 0 Å². The van der Waals surface area contributed by atoms with E-state index in [0.29, 0.717) is 17.1 Å². The van der Waals surface area contributed by atoms with Gasteiger partial charge in [0, 0.05) is 17.4 Å². The van der Waals surface area contributed by atoms with Crippen molar-refractivity contribution in [2.45, 2.75) is 25.7 Å². The van der Waals surface area contributed by atoms with Crippen LogP contribution in [0.2, 0.25) is 0 Å². The first-order valence-corrected chi connectivity index (χ1v) is 8.22. The molecule has 0 aliphatic carbocycles. The molecule has 0 saturated carbocycles. The Balaban J connectivity index is 1.90. The third kappa shape index (κ3) is 4.61. The van der Waals surface area contributed by atoms with E-state index in [1.807, 2.05) is 13.0 Å². The number of aliphatic hydroxyl groups is 2. The maximum atomic E-state index is 12.8. The Morgan fingerprint density at radius 2 is 2.00 bits per heavy atom. The van der Waals surface area contributed by atoms with Crippen molar-refractivity contribution in [1.82, 2.24) is 24.7 Å². The SMILES string of the molecule is Cc1cc(Nc2nccc(C(F)(F)F)n2)cc(-c2ncnn2C[C@H](O)CO)c1. The number of rotatable bonds is 6. The van der Waals surface area contributed by atoms with Gasteiger partial charge in [0.2, 0.25) is 5.95 Å². The highest BCUT2D eigenvalue weighted by atomic mass is 19.4. The van der Waals surface area contributed by atoms with Gasteiger partial charge >= 0.3 is 6.18 Å². The molecule has 28 heavy (non-hydrogen) atoms. The van der Waals surface area contributed by atoms with Gasteiger partial charge < -0.3 is 15.5 Å². The van der Waals surface area contributed by atoms with Crippen LogP contribution in [-0.2, 0) is 12.7 Å². The lowest BCUT2D eigenvalue weighted by molar-refractivity contribution is -0.141. The molecule has 0 saturated heterocycles. The average molecular weight is 394 g/mol. The topological polar surface area (TPSA) is 109 Å². The van der Waals surface area contributed by atoms with E-state index in [4.69, 9.17) is 5.11 Å². The van der Waals surface area contributed by atoms with Crippen LogP contribution in [-0.4, -0.2) is 47.7 Å². The molecule has 3 N–H and O–H groups in total. The molecule has 0 bridgehead atoms.